The van der Waals surface area contributed by atoms with Crippen LogP contribution >= 0.6 is 0 Å². The lowest BCUT2D eigenvalue weighted by molar-refractivity contribution is 0.262. The molecule has 5 rings (SSSR count). The molecule has 0 radical (unpaired) electrons. The fraction of sp³-hybridized carbons (Fsp3) is 0.0400. The van der Waals surface area contributed by atoms with E-state index in [0.29, 0.717) is 11.5 Å². The zero-order chi connectivity index (χ0) is 21.9. The van der Waals surface area contributed by atoms with E-state index in [-0.39, 0.29) is 6.03 Å². The van der Waals surface area contributed by atoms with Crippen molar-refractivity contribution < 1.29 is 4.79 Å². The Morgan fingerprint density at radius 2 is 1.72 bits per heavy atom. The zero-order valence-electron chi connectivity index (χ0n) is 17.4. The molecule has 3 heterocycles. The van der Waals surface area contributed by atoms with Crippen molar-refractivity contribution in [1.82, 2.24) is 19.6 Å². The number of fused-ring (bicyclic) bond motifs is 1. The number of benzene rings is 2. The van der Waals surface area contributed by atoms with Crippen molar-refractivity contribution in [3.05, 3.63) is 96.8 Å². The van der Waals surface area contributed by atoms with E-state index in [2.05, 4.69) is 39.8 Å². The van der Waals surface area contributed by atoms with Crippen molar-refractivity contribution in [3.63, 3.8) is 0 Å². The highest BCUT2D eigenvalue weighted by molar-refractivity contribution is 5.99. The Hall–Kier alpha value is -4.52. The van der Waals surface area contributed by atoms with Crippen molar-refractivity contribution in [1.29, 1.82) is 0 Å². The van der Waals surface area contributed by atoms with Crippen molar-refractivity contribution >= 4 is 23.2 Å². The number of nitrogens with zero attached hydrogens (tertiary/aromatic N) is 4. The van der Waals surface area contributed by atoms with Crippen LogP contribution in [0.1, 0.15) is 5.56 Å². The Kier molecular flexibility index (Phi) is 5.05. The van der Waals surface area contributed by atoms with Crippen LogP contribution in [0, 0.1) is 6.92 Å². The molecule has 3 aromatic heterocycles. The summed E-state index contributed by atoms with van der Waals surface area (Å²) >= 11 is 0. The fourth-order valence-corrected chi connectivity index (χ4v) is 3.59. The maximum Gasteiger partial charge on any atom is 0.324 e. The van der Waals surface area contributed by atoms with Gasteiger partial charge in [0.1, 0.15) is 11.5 Å². The lowest BCUT2D eigenvalue weighted by atomic mass is 10.0. The molecular formula is C25H20N6O. The quantitative estimate of drug-likeness (QED) is 0.407. The number of rotatable bonds is 4. The maximum atomic E-state index is 12.4. The molecule has 0 aliphatic heterocycles. The van der Waals surface area contributed by atoms with Crippen LogP contribution in [0.3, 0.4) is 0 Å². The minimum Gasteiger partial charge on any atom is -0.308 e. The van der Waals surface area contributed by atoms with Crippen LogP contribution in [0.4, 0.5) is 16.3 Å². The molecule has 0 bridgehead atoms. The zero-order valence-corrected chi connectivity index (χ0v) is 17.4. The third kappa shape index (κ3) is 3.91. The molecule has 0 unspecified atom stereocenters. The van der Waals surface area contributed by atoms with Crippen LogP contribution in [-0.2, 0) is 0 Å². The number of hydrogen-bond donors (Lipinski definition) is 2. The maximum absolute atomic E-state index is 12.4. The van der Waals surface area contributed by atoms with Gasteiger partial charge in [0.25, 0.3) is 0 Å². The number of pyridine rings is 1. The molecule has 0 spiro atoms. The lowest BCUT2D eigenvalue weighted by Gasteiger charge is -2.09. The molecule has 0 aliphatic carbocycles. The van der Waals surface area contributed by atoms with Gasteiger partial charge < -0.3 is 5.32 Å². The van der Waals surface area contributed by atoms with Crippen LogP contribution in [0.2, 0.25) is 0 Å². The first-order valence-electron chi connectivity index (χ1n) is 10.2. The number of aromatic nitrogens is 4. The number of carbonyl (C=O) groups excluding carboxylic acids is 1. The van der Waals surface area contributed by atoms with Crippen molar-refractivity contribution in [2.45, 2.75) is 6.92 Å². The number of aryl methyl sites for hydroxylation is 1. The summed E-state index contributed by atoms with van der Waals surface area (Å²) in [5.74, 6) is 0.428. The van der Waals surface area contributed by atoms with Crippen LogP contribution in [0.25, 0.3) is 28.2 Å². The molecule has 2 N–H and O–H groups in total. The van der Waals surface area contributed by atoms with E-state index < -0.39 is 0 Å². The van der Waals surface area contributed by atoms with Gasteiger partial charge in [-0.1, -0.05) is 42.0 Å². The van der Waals surface area contributed by atoms with Gasteiger partial charge in [0, 0.05) is 29.2 Å². The molecule has 2 aromatic carbocycles. The standard InChI is InChI=1S/C25H20N6O/c1-17-7-5-8-18(15-17)23-24(31-22(30-23)11-6-13-27-31)19-12-14-26-21(16-19)29-25(32)28-20-9-3-2-4-10-20/h2-16H,1H3,(H2,26,28,29,32). The van der Waals surface area contributed by atoms with Gasteiger partial charge >= 0.3 is 6.03 Å². The first kappa shape index (κ1) is 19.4. The summed E-state index contributed by atoms with van der Waals surface area (Å²) in [5, 5.41) is 10.1. The third-order valence-corrected chi connectivity index (χ3v) is 4.99. The number of amides is 2. The number of anilines is 2. The lowest BCUT2D eigenvalue weighted by Crippen LogP contribution is -2.20. The summed E-state index contributed by atoms with van der Waals surface area (Å²) in [7, 11) is 0. The monoisotopic (exact) mass is 420 g/mol. The van der Waals surface area contributed by atoms with E-state index in [4.69, 9.17) is 4.98 Å². The summed E-state index contributed by atoms with van der Waals surface area (Å²) in [6.07, 6.45) is 3.39. The molecular weight excluding hydrogens is 400 g/mol. The van der Waals surface area contributed by atoms with Crippen LogP contribution in [0.5, 0.6) is 0 Å². The second kappa shape index (κ2) is 8.31. The number of nitrogens with one attached hydrogen (secondary N) is 2. The third-order valence-electron chi connectivity index (χ3n) is 4.99. The molecule has 0 atom stereocenters. The summed E-state index contributed by atoms with van der Waals surface area (Å²) in [6, 6.07) is 24.6. The van der Waals surface area contributed by atoms with Crippen LogP contribution in [0.15, 0.2) is 91.3 Å². The highest BCUT2D eigenvalue weighted by Gasteiger charge is 2.18. The van der Waals surface area contributed by atoms with E-state index in [1.165, 1.54) is 0 Å². The van der Waals surface area contributed by atoms with E-state index in [0.717, 1.165) is 33.7 Å². The van der Waals surface area contributed by atoms with Gasteiger partial charge in [-0.15, -0.1) is 0 Å². The van der Waals surface area contributed by atoms with Crippen LogP contribution in [-0.4, -0.2) is 25.6 Å². The van der Waals surface area contributed by atoms with Crippen molar-refractivity contribution in [2.75, 3.05) is 10.6 Å². The minimum atomic E-state index is -0.365. The molecule has 7 heteroatoms. The van der Waals surface area contributed by atoms with E-state index >= 15 is 0 Å². The minimum absolute atomic E-state index is 0.365. The topological polar surface area (TPSA) is 84.2 Å². The normalized spacial score (nSPS) is 10.8. The Labute approximate surface area is 184 Å². The SMILES string of the molecule is Cc1cccc(-c2nc3cccnn3c2-c2ccnc(NC(=O)Nc3ccccc3)c2)c1. The average Bonchev–Trinajstić information content (AvgIpc) is 3.19. The largest absolute Gasteiger partial charge is 0.324 e. The molecule has 0 saturated carbocycles. The molecule has 0 saturated heterocycles. The second-order valence-corrected chi connectivity index (χ2v) is 7.35. The van der Waals surface area contributed by atoms with Crippen molar-refractivity contribution in [2.24, 2.45) is 0 Å². The highest BCUT2D eigenvalue weighted by Crippen LogP contribution is 2.33. The highest BCUT2D eigenvalue weighted by atomic mass is 16.2. The number of para-hydroxylation sites is 1. The van der Waals surface area contributed by atoms with Crippen molar-refractivity contribution in [3.8, 4) is 22.5 Å². The van der Waals surface area contributed by atoms with Gasteiger partial charge in [0.2, 0.25) is 0 Å². The predicted molar refractivity (Wildman–Crippen MR) is 125 cm³/mol. The number of hydrogen-bond acceptors (Lipinski definition) is 4. The first-order chi connectivity index (χ1) is 15.7. The second-order valence-electron chi connectivity index (χ2n) is 7.35. The van der Waals surface area contributed by atoms with E-state index in [9.17, 15) is 4.79 Å². The first-order valence-corrected chi connectivity index (χ1v) is 10.2. The van der Waals surface area contributed by atoms with Gasteiger partial charge in [-0.3, -0.25) is 5.32 Å². The molecule has 5 aromatic rings. The van der Waals surface area contributed by atoms with E-state index in [1.54, 1.807) is 16.9 Å². The summed E-state index contributed by atoms with van der Waals surface area (Å²) < 4.78 is 1.81. The van der Waals surface area contributed by atoms with Gasteiger partial charge in [0.05, 0.1) is 5.69 Å². The Balaban J connectivity index is 1.53. The predicted octanol–water partition coefficient (Wildman–Crippen LogP) is 5.41. The van der Waals surface area contributed by atoms with Gasteiger partial charge in [0.15, 0.2) is 5.65 Å². The van der Waals surface area contributed by atoms with Gasteiger partial charge in [-0.05, 0) is 49.4 Å². The Bertz CT molecular complexity index is 1410. The summed E-state index contributed by atoms with van der Waals surface area (Å²) in [5.41, 5.74) is 6.09. The number of carbonyl (C=O) groups is 1. The fourth-order valence-electron chi connectivity index (χ4n) is 3.59. The molecule has 156 valence electrons. The molecule has 7 nitrogen and oxygen atoms in total. The average molecular weight is 420 g/mol. The number of urea groups is 1. The van der Waals surface area contributed by atoms with Crippen LogP contribution < -0.4 is 10.6 Å². The Morgan fingerprint density at radius 3 is 2.56 bits per heavy atom. The summed E-state index contributed by atoms with van der Waals surface area (Å²) in [6.45, 7) is 2.05. The molecule has 0 fully saturated rings. The number of imidazole rings is 1. The van der Waals surface area contributed by atoms with Gasteiger partial charge in [-0.2, -0.15) is 5.10 Å². The van der Waals surface area contributed by atoms with Gasteiger partial charge in [-0.25, -0.2) is 19.3 Å². The molecule has 32 heavy (non-hydrogen) atoms. The summed E-state index contributed by atoms with van der Waals surface area (Å²) in [4.78, 5) is 21.6. The smallest absolute Gasteiger partial charge is 0.308 e. The van der Waals surface area contributed by atoms with E-state index in [1.807, 2.05) is 66.7 Å². The Morgan fingerprint density at radius 1 is 0.844 bits per heavy atom. The molecule has 2 amide bonds. The molecule has 0 aliphatic rings.